The maximum atomic E-state index is 13.1. The first-order chi connectivity index (χ1) is 6.24. The molecular formula is C9H6BrFOS. The molecule has 0 aliphatic heterocycles. The van der Waals surface area contributed by atoms with Crippen molar-refractivity contribution in [3.63, 3.8) is 0 Å². The summed E-state index contributed by atoms with van der Waals surface area (Å²) in [4.78, 5) is 0. The number of thiophene rings is 1. The minimum Gasteiger partial charge on any atom is -0.392 e. The lowest BCUT2D eigenvalue weighted by atomic mass is 10.2. The summed E-state index contributed by atoms with van der Waals surface area (Å²) in [6, 6.07) is 5.44. The van der Waals surface area contributed by atoms with Crippen molar-refractivity contribution >= 4 is 37.4 Å². The third-order valence-corrected chi connectivity index (χ3v) is 3.97. The molecule has 0 aliphatic carbocycles. The van der Waals surface area contributed by atoms with Crippen LogP contribution in [0.2, 0.25) is 0 Å². The van der Waals surface area contributed by atoms with Gasteiger partial charge in [0.15, 0.2) is 5.13 Å². The van der Waals surface area contributed by atoms with Gasteiger partial charge in [0.05, 0.1) is 11.1 Å². The largest absolute Gasteiger partial charge is 0.392 e. The van der Waals surface area contributed by atoms with Gasteiger partial charge < -0.3 is 5.11 Å². The Morgan fingerprint density at radius 2 is 2.23 bits per heavy atom. The predicted molar refractivity (Wildman–Crippen MR) is 55.4 cm³/mol. The molecule has 4 heteroatoms. The summed E-state index contributed by atoms with van der Waals surface area (Å²) in [5, 5.41) is 9.59. The third kappa shape index (κ3) is 1.39. The number of halogens is 2. The van der Waals surface area contributed by atoms with E-state index in [2.05, 4.69) is 15.9 Å². The molecule has 68 valence electrons. The van der Waals surface area contributed by atoms with Crippen molar-refractivity contribution in [3.05, 3.63) is 33.4 Å². The van der Waals surface area contributed by atoms with Gasteiger partial charge in [-0.05, 0) is 21.5 Å². The quantitative estimate of drug-likeness (QED) is 0.835. The van der Waals surface area contributed by atoms with Gasteiger partial charge in [-0.3, -0.25) is 0 Å². The molecule has 2 aromatic rings. The lowest BCUT2D eigenvalue weighted by Gasteiger charge is -1.96. The van der Waals surface area contributed by atoms with Crippen LogP contribution < -0.4 is 0 Å². The Kier molecular flexibility index (Phi) is 2.36. The number of hydrogen-bond acceptors (Lipinski definition) is 2. The molecule has 0 saturated heterocycles. The summed E-state index contributed by atoms with van der Waals surface area (Å²) in [6.07, 6.45) is 0. The highest BCUT2D eigenvalue weighted by molar-refractivity contribution is 9.10. The van der Waals surface area contributed by atoms with Crippen LogP contribution >= 0.6 is 27.3 Å². The highest BCUT2D eigenvalue weighted by Gasteiger charge is 2.11. The molecule has 0 atom stereocenters. The molecule has 0 aliphatic rings. The van der Waals surface area contributed by atoms with Gasteiger partial charge in [0.25, 0.3) is 0 Å². The summed E-state index contributed by atoms with van der Waals surface area (Å²) in [5.41, 5.74) is 0.770. The van der Waals surface area contributed by atoms with Crippen LogP contribution in [-0.4, -0.2) is 5.11 Å². The first kappa shape index (κ1) is 9.12. The summed E-state index contributed by atoms with van der Waals surface area (Å²) < 4.78 is 14.4. The van der Waals surface area contributed by atoms with Crippen molar-refractivity contribution < 1.29 is 9.50 Å². The van der Waals surface area contributed by atoms with E-state index in [0.29, 0.717) is 4.47 Å². The van der Waals surface area contributed by atoms with Gasteiger partial charge in [0.1, 0.15) is 0 Å². The van der Waals surface area contributed by atoms with Crippen molar-refractivity contribution in [2.75, 3.05) is 0 Å². The predicted octanol–water partition coefficient (Wildman–Crippen LogP) is 3.30. The van der Waals surface area contributed by atoms with Crippen LogP contribution in [0.25, 0.3) is 10.1 Å². The average Bonchev–Trinajstić information content (AvgIpc) is 2.43. The molecule has 0 amide bonds. The van der Waals surface area contributed by atoms with E-state index >= 15 is 0 Å². The molecule has 1 nitrogen and oxygen atoms in total. The standard InChI is InChI=1S/C9H6BrFOS/c10-7-6-3-1-2-5(4-12)8(6)13-9(7)11/h1-3,12H,4H2. The lowest BCUT2D eigenvalue weighted by Crippen LogP contribution is -1.80. The van der Waals surface area contributed by atoms with E-state index in [9.17, 15) is 4.39 Å². The molecule has 0 fully saturated rings. The van der Waals surface area contributed by atoms with E-state index in [1.807, 2.05) is 12.1 Å². The second kappa shape index (κ2) is 3.36. The Balaban J connectivity index is 2.84. The van der Waals surface area contributed by atoms with Crippen LogP contribution in [-0.2, 0) is 6.61 Å². The normalized spacial score (nSPS) is 11.0. The second-order valence-electron chi connectivity index (χ2n) is 2.64. The maximum Gasteiger partial charge on any atom is 0.191 e. The van der Waals surface area contributed by atoms with Crippen LogP contribution in [0.1, 0.15) is 5.56 Å². The zero-order chi connectivity index (χ0) is 9.42. The van der Waals surface area contributed by atoms with E-state index < -0.39 is 0 Å². The molecule has 1 aromatic heterocycles. The Hall–Kier alpha value is -0.450. The Morgan fingerprint density at radius 3 is 2.92 bits per heavy atom. The summed E-state index contributed by atoms with van der Waals surface area (Å²) in [5.74, 6) is 0. The van der Waals surface area contributed by atoms with Crippen molar-refractivity contribution in [1.29, 1.82) is 0 Å². The number of benzene rings is 1. The number of aliphatic hydroxyl groups is 1. The van der Waals surface area contributed by atoms with Gasteiger partial charge in [-0.25, -0.2) is 0 Å². The number of fused-ring (bicyclic) bond motifs is 1. The Bertz CT molecular complexity index is 452. The molecule has 0 unspecified atom stereocenters. The lowest BCUT2D eigenvalue weighted by molar-refractivity contribution is 0.283. The van der Waals surface area contributed by atoms with E-state index in [1.54, 1.807) is 6.07 Å². The topological polar surface area (TPSA) is 20.2 Å². The Morgan fingerprint density at radius 1 is 1.46 bits per heavy atom. The molecule has 2 rings (SSSR count). The molecule has 0 radical (unpaired) electrons. The van der Waals surface area contributed by atoms with E-state index in [1.165, 1.54) is 0 Å². The van der Waals surface area contributed by atoms with Gasteiger partial charge >= 0.3 is 0 Å². The summed E-state index contributed by atoms with van der Waals surface area (Å²) in [7, 11) is 0. The third-order valence-electron chi connectivity index (χ3n) is 1.87. The highest BCUT2D eigenvalue weighted by Crippen LogP contribution is 2.35. The minimum atomic E-state index is -0.240. The van der Waals surface area contributed by atoms with Crippen LogP contribution in [0.5, 0.6) is 0 Å². The van der Waals surface area contributed by atoms with Crippen LogP contribution in [0, 0.1) is 5.13 Å². The molecule has 1 N–H and O–H groups in total. The fraction of sp³-hybridized carbons (Fsp3) is 0.111. The van der Waals surface area contributed by atoms with Gasteiger partial charge in [-0.2, -0.15) is 4.39 Å². The van der Waals surface area contributed by atoms with Crippen molar-refractivity contribution in [1.82, 2.24) is 0 Å². The van der Waals surface area contributed by atoms with Gasteiger partial charge in [-0.15, -0.1) is 11.3 Å². The zero-order valence-electron chi connectivity index (χ0n) is 6.55. The average molecular weight is 261 g/mol. The van der Waals surface area contributed by atoms with Gasteiger partial charge in [-0.1, -0.05) is 18.2 Å². The fourth-order valence-corrected chi connectivity index (χ4v) is 2.87. The van der Waals surface area contributed by atoms with Gasteiger partial charge in [0.2, 0.25) is 0 Å². The van der Waals surface area contributed by atoms with Gasteiger partial charge in [0, 0.05) is 10.1 Å². The Labute approximate surface area is 86.9 Å². The molecule has 1 aromatic carbocycles. The highest BCUT2D eigenvalue weighted by atomic mass is 79.9. The zero-order valence-corrected chi connectivity index (χ0v) is 8.95. The van der Waals surface area contributed by atoms with Crippen LogP contribution in [0.3, 0.4) is 0 Å². The van der Waals surface area contributed by atoms with Crippen molar-refractivity contribution in [2.45, 2.75) is 6.61 Å². The van der Waals surface area contributed by atoms with E-state index in [-0.39, 0.29) is 11.7 Å². The molecule has 13 heavy (non-hydrogen) atoms. The minimum absolute atomic E-state index is 0.0519. The molecule has 0 bridgehead atoms. The number of rotatable bonds is 1. The number of hydrogen-bond donors (Lipinski definition) is 1. The fourth-order valence-electron chi connectivity index (χ4n) is 1.24. The molecule has 0 saturated carbocycles. The molecule has 1 heterocycles. The summed E-state index contributed by atoms with van der Waals surface area (Å²) >= 11 is 4.22. The first-order valence-electron chi connectivity index (χ1n) is 3.70. The van der Waals surface area contributed by atoms with Crippen molar-refractivity contribution in [3.8, 4) is 0 Å². The molecule has 0 spiro atoms. The summed E-state index contributed by atoms with van der Waals surface area (Å²) in [6.45, 7) is -0.0519. The maximum absolute atomic E-state index is 13.1. The van der Waals surface area contributed by atoms with Crippen LogP contribution in [0.4, 0.5) is 4.39 Å². The number of aliphatic hydroxyl groups excluding tert-OH is 1. The van der Waals surface area contributed by atoms with Crippen molar-refractivity contribution in [2.24, 2.45) is 0 Å². The molecular weight excluding hydrogens is 255 g/mol. The first-order valence-corrected chi connectivity index (χ1v) is 5.31. The van der Waals surface area contributed by atoms with E-state index in [4.69, 9.17) is 5.11 Å². The second-order valence-corrected chi connectivity index (χ2v) is 4.41. The smallest absolute Gasteiger partial charge is 0.191 e. The SMILES string of the molecule is OCc1cccc2c(Br)c(F)sc12. The van der Waals surface area contributed by atoms with E-state index in [0.717, 1.165) is 27.0 Å². The monoisotopic (exact) mass is 260 g/mol. The van der Waals surface area contributed by atoms with Crippen LogP contribution in [0.15, 0.2) is 22.7 Å².